The van der Waals surface area contributed by atoms with Crippen molar-refractivity contribution in [2.24, 2.45) is 4.99 Å². The first kappa shape index (κ1) is 25.9. The minimum absolute atomic E-state index is 0. The lowest BCUT2D eigenvalue weighted by molar-refractivity contribution is 0.0277. The van der Waals surface area contributed by atoms with Crippen LogP contribution in [-0.2, 0) is 4.74 Å². The van der Waals surface area contributed by atoms with Crippen LogP contribution in [0.2, 0.25) is 0 Å². The van der Waals surface area contributed by atoms with Crippen LogP contribution in [0.3, 0.4) is 0 Å². The van der Waals surface area contributed by atoms with Gasteiger partial charge in [0.05, 0.1) is 12.6 Å². The van der Waals surface area contributed by atoms with Crippen molar-refractivity contribution in [2.45, 2.75) is 71.4 Å². The lowest BCUT2D eigenvalue weighted by Crippen LogP contribution is -2.50. The van der Waals surface area contributed by atoms with Crippen molar-refractivity contribution >= 4 is 29.9 Å². The average molecular weight is 510 g/mol. The quantitative estimate of drug-likeness (QED) is 0.205. The molecule has 0 amide bonds. The van der Waals surface area contributed by atoms with Gasteiger partial charge >= 0.3 is 0 Å². The predicted octanol–water partition coefficient (Wildman–Crippen LogP) is 2.92. The van der Waals surface area contributed by atoms with Gasteiger partial charge in [0.2, 0.25) is 0 Å². The van der Waals surface area contributed by atoms with E-state index in [0.29, 0.717) is 12.1 Å². The van der Waals surface area contributed by atoms with Gasteiger partial charge in [-0.15, -0.1) is 24.0 Å². The van der Waals surface area contributed by atoms with E-state index in [9.17, 15) is 0 Å². The van der Waals surface area contributed by atoms with Crippen LogP contribution in [0.25, 0.3) is 0 Å². The van der Waals surface area contributed by atoms with Crippen LogP contribution in [0.4, 0.5) is 0 Å². The number of halogens is 1. The van der Waals surface area contributed by atoms with Crippen LogP contribution in [0.1, 0.15) is 59.3 Å². The van der Waals surface area contributed by atoms with E-state index in [1.807, 2.05) is 0 Å². The second-order valence-corrected chi connectivity index (χ2v) is 7.95. The van der Waals surface area contributed by atoms with Crippen molar-refractivity contribution in [3.05, 3.63) is 0 Å². The number of likely N-dealkylation sites (N-methyl/N-ethyl adjacent to an activating group) is 1. The Kier molecular flexibility index (Phi) is 14.5. The maximum absolute atomic E-state index is 6.01. The number of nitrogens with one attached hydrogen (secondary N) is 2. The number of ether oxygens (including phenoxy) is 1. The van der Waals surface area contributed by atoms with Gasteiger partial charge in [-0.1, -0.05) is 26.2 Å². The molecule has 0 radical (unpaired) electrons. The smallest absolute Gasteiger partial charge is 0.191 e. The summed E-state index contributed by atoms with van der Waals surface area (Å²) in [5, 5.41) is 6.83. The highest BCUT2D eigenvalue weighted by Gasteiger charge is 2.20. The summed E-state index contributed by atoms with van der Waals surface area (Å²) in [6.07, 6.45) is 8.11. The first-order valence-corrected chi connectivity index (χ1v) is 11.3. The summed E-state index contributed by atoms with van der Waals surface area (Å²) in [6, 6.07) is 0.495. The number of piperazine rings is 1. The van der Waals surface area contributed by atoms with E-state index in [4.69, 9.17) is 9.73 Å². The molecule has 1 aliphatic heterocycles. The first-order chi connectivity index (χ1) is 13.2. The van der Waals surface area contributed by atoms with E-state index in [-0.39, 0.29) is 24.0 Å². The summed E-state index contributed by atoms with van der Waals surface area (Å²) < 4.78 is 6.01. The number of aliphatic imine (C=N–C) groups is 1. The van der Waals surface area contributed by atoms with Crippen LogP contribution in [0.15, 0.2) is 4.99 Å². The molecule has 28 heavy (non-hydrogen) atoms. The standard InChI is InChI=1S/C21H43N5O.HI/c1-4-22-21(23-12-9-17-27-20-10-7-6-8-11-20)24-18-19(3)26-15-13-25(5-2)14-16-26;/h19-20H,4-18H2,1-3H3,(H2,22,23,24);1H. The monoisotopic (exact) mass is 509 g/mol. The van der Waals surface area contributed by atoms with Crippen LogP contribution < -0.4 is 10.6 Å². The van der Waals surface area contributed by atoms with Crippen molar-refractivity contribution in [1.29, 1.82) is 0 Å². The van der Waals surface area contributed by atoms with Crippen molar-refractivity contribution in [3.8, 4) is 0 Å². The van der Waals surface area contributed by atoms with E-state index in [0.717, 1.165) is 51.7 Å². The molecule has 0 spiro atoms. The summed E-state index contributed by atoms with van der Waals surface area (Å²) >= 11 is 0. The van der Waals surface area contributed by atoms with Gasteiger partial charge in [0, 0.05) is 51.9 Å². The minimum Gasteiger partial charge on any atom is -0.378 e. The Bertz CT molecular complexity index is 410. The number of nitrogens with zero attached hydrogens (tertiary/aromatic N) is 3. The maximum atomic E-state index is 6.01. The molecule has 2 aliphatic rings. The number of guanidine groups is 1. The second-order valence-electron chi connectivity index (χ2n) is 7.95. The topological polar surface area (TPSA) is 52.1 Å². The molecule has 1 saturated heterocycles. The lowest BCUT2D eigenvalue weighted by atomic mass is 9.98. The van der Waals surface area contributed by atoms with E-state index in [1.165, 1.54) is 51.7 Å². The van der Waals surface area contributed by atoms with Gasteiger partial charge in [-0.3, -0.25) is 9.89 Å². The molecule has 6 nitrogen and oxygen atoms in total. The summed E-state index contributed by atoms with van der Waals surface area (Å²) in [6.45, 7) is 16.0. The molecule has 2 rings (SSSR count). The SMILES string of the molecule is CCNC(=NCC(C)N1CCN(CC)CC1)NCCCOC1CCCCC1.I. The number of hydrogen-bond donors (Lipinski definition) is 2. The Hall–Kier alpha value is -0.120. The highest BCUT2D eigenvalue weighted by Crippen LogP contribution is 2.20. The third-order valence-electron chi connectivity index (χ3n) is 5.85. The second kappa shape index (κ2) is 15.7. The van der Waals surface area contributed by atoms with Gasteiger partial charge < -0.3 is 20.3 Å². The Labute approximate surface area is 190 Å². The summed E-state index contributed by atoms with van der Waals surface area (Å²) in [5.74, 6) is 0.939. The molecule has 0 aromatic carbocycles. The molecule has 1 saturated carbocycles. The van der Waals surface area contributed by atoms with Gasteiger partial charge in [0.25, 0.3) is 0 Å². The van der Waals surface area contributed by atoms with Gasteiger partial charge in [-0.05, 0) is 39.7 Å². The molecule has 1 heterocycles. The number of hydrogen-bond acceptors (Lipinski definition) is 4. The summed E-state index contributed by atoms with van der Waals surface area (Å²) in [4.78, 5) is 9.90. The Morgan fingerprint density at radius 1 is 1.07 bits per heavy atom. The lowest BCUT2D eigenvalue weighted by Gasteiger charge is -2.37. The molecule has 0 aromatic heterocycles. The zero-order valence-corrected chi connectivity index (χ0v) is 20.7. The van der Waals surface area contributed by atoms with Crippen LogP contribution in [0.5, 0.6) is 0 Å². The molecule has 1 aliphatic carbocycles. The minimum atomic E-state index is 0. The largest absolute Gasteiger partial charge is 0.378 e. The highest BCUT2D eigenvalue weighted by molar-refractivity contribution is 14.0. The van der Waals surface area contributed by atoms with Crippen LogP contribution in [-0.4, -0.2) is 86.9 Å². The Morgan fingerprint density at radius 2 is 1.79 bits per heavy atom. The van der Waals surface area contributed by atoms with Crippen molar-refractivity contribution in [2.75, 3.05) is 59.0 Å². The molecule has 1 unspecified atom stereocenters. The van der Waals surface area contributed by atoms with Crippen LogP contribution in [0, 0.1) is 0 Å². The summed E-state index contributed by atoms with van der Waals surface area (Å²) in [7, 11) is 0. The number of rotatable bonds is 10. The molecule has 0 bridgehead atoms. The fourth-order valence-corrected chi connectivity index (χ4v) is 3.96. The van der Waals surface area contributed by atoms with Crippen LogP contribution >= 0.6 is 24.0 Å². The van der Waals surface area contributed by atoms with E-state index in [1.54, 1.807) is 0 Å². The van der Waals surface area contributed by atoms with E-state index < -0.39 is 0 Å². The fourth-order valence-electron chi connectivity index (χ4n) is 3.96. The van der Waals surface area contributed by atoms with E-state index >= 15 is 0 Å². The van der Waals surface area contributed by atoms with Crippen molar-refractivity contribution in [1.82, 2.24) is 20.4 Å². The molecule has 2 N–H and O–H groups in total. The maximum Gasteiger partial charge on any atom is 0.191 e. The van der Waals surface area contributed by atoms with Crippen molar-refractivity contribution < 1.29 is 4.74 Å². The van der Waals surface area contributed by atoms with E-state index in [2.05, 4.69) is 41.2 Å². The first-order valence-electron chi connectivity index (χ1n) is 11.3. The zero-order chi connectivity index (χ0) is 19.3. The van der Waals surface area contributed by atoms with Gasteiger partial charge in [-0.2, -0.15) is 0 Å². The fraction of sp³-hybridized carbons (Fsp3) is 0.952. The summed E-state index contributed by atoms with van der Waals surface area (Å²) in [5.41, 5.74) is 0. The molecule has 166 valence electrons. The molecule has 0 aromatic rings. The predicted molar refractivity (Wildman–Crippen MR) is 130 cm³/mol. The molecular formula is C21H44IN5O. The van der Waals surface area contributed by atoms with Crippen molar-refractivity contribution in [3.63, 3.8) is 0 Å². The molecular weight excluding hydrogens is 465 g/mol. The molecule has 1 atom stereocenters. The highest BCUT2D eigenvalue weighted by atomic mass is 127. The third-order valence-corrected chi connectivity index (χ3v) is 5.85. The molecule has 2 fully saturated rings. The Balaban J connectivity index is 0.00000392. The zero-order valence-electron chi connectivity index (χ0n) is 18.4. The molecule has 7 heteroatoms. The Morgan fingerprint density at radius 3 is 2.43 bits per heavy atom. The van der Waals surface area contributed by atoms with Gasteiger partial charge in [-0.25, -0.2) is 0 Å². The normalized spacial score (nSPS) is 21.2. The third kappa shape index (κ3) is 10.1. The van der Waals surface area contributed by atoms with Gasteiger partial charge in [0.1, 0.15) is 0 Å². The van der Waals surface area contributed by atoms with Gasteiger partial charge in [0.15, 0.2) is 5.96 Å². The average Bonchev–Trinajstić information content (AvgIpc) is 2.72.